The fourth-order valence-corrected chi connectivity index (χ4v) is 3.79. The molecule has 3 aromatic heterocycles. The maximum atomic E-state index is 13.7. The van der Waals surface area contributed by atoms with Crippen molar-refractivity contribution in [3.05, 3.63) is 76.4 Å². The van der Waals surface area contributed by atoms with E-state index in [1.807, 2.05) is 12.3 Å². The van der Waals surface area contributed by atoms with Crippen molar-refractivity contribution >= 4 is 33.4 Å². The number of aryl methyl sites for hydroxylation is 1. The first-order chi connectivity index (χ1) is 16.2. The van der Waals surface area contributed by atoms with Gasteiger partial charge in [0.2, 0.25) is 0 Å². The highest BCUT2D eigenvalue weighted by atomic mass is 35.5. The Balaban J connectivity index is 1.73. The summed E-state index contributed by atoms with van der Waals surface area (Å²) in [7, 11) is 1.80. The molecule has 0 aliphatic rings. The third-order valence-electron chi connectivity index (χ3n) is 5.11. The molecule has 0 fully saturated rings. The topological polar surface area (TPSA) is 74.8 Å². The molecule has 0 spiro atoms. The van der Waals surface area contributed by atoms with Gasteiger partial charge in [-0.3, -0.25) is 14.0 Å². The molecule has 0 amide bonds. The van der Waals surface area contributed by atoms with Gasteiger partial charge in [0.1, 0.15) is 0 Å². The number of fused-ring (bicyclic) bond motifs is 2. The van der Waals surface area contributed by atoms with Crippen molar-refractivity contribution in [2.75, 3.05) is 6.61 Å². The van der Waals surface area contributed by atoms with Gasteiger partial charge in [0.05, 0.1) is 16.6 Å². The lowest BCUT2D eigenvalue weighted by atomic mass is 10.0. The van der Waals surface area contributed by atoms with E-state index in [-0.39, 0.29) is 11.1 Å². The highest BCUT2D eigenvalue weighted by molar-refractivity contribution is 6.30. The van der Waals surface area contributed by atoms with Crippen LogP contribution in [-0.4, -0.2) is 37.1 Å². The summed E-state index contributed by atoms with van der Waals surface area (Å²) in [5.41, 5.74) is 1.78. The predicted molar refractivity (Wildman–Crippen MR) is 121 cm³/mol. The Morgan fingerprint density at radius 2 is 1.82 bits per heavy atom. The minimum absolute atomic E-state index is 0.165. The average Bonchev–Trinajstić information content (AvgIpc) is 3.17. The molecule has 172 valence electrons. The first-order valence-electron chi connectivity index (χ1n) is 10.00. The average molecular weight is 486 g/mol. The van der Waals surface area contributed by atoms with Crippen LogP contribution < -0.4 is 10.3 Å². The van der Waals surface area contributed by atoms with E-state index in [9.17, 15) is 18.0 Å². The lowest BCUT2D eigenvalue weighted by Gasteiger charge is -2.13. The number of aromatic nitrogens is 5. The summed E-state index contributed by atoms with van der Waals surface area (Å²) >= 11 is 6.01. The quantitative estimate of drug-likeness (QED) is 0.361. The first-order valence-corrected chi connectivity index (χ1v) is 10.4. The van der Waals surface area contributed by atoms with Crippen LogP contribution in [0.1, 0.15) is 0 Å². The molecule has 5 rings (SSSR count). The number of pyridine rings is 1. The number of ether oxygens (including phenoxy) is 1. The van der Waals surface area contributed by atoms with Gasteiger partial charge in [-0.15, -0.1) is 0 Å². The second-order valence-electron chi connectivity index (χ2n) is 7.59. The zero-order valence-electron chi connectivity index (χ0n) is 17.5. The molecule has 11 heteroatoms. The number of halogens is 4. The summed E-state index contributed by atoms with van der Waals surface area (Å²) in [5, 5.41) is 6.09. The van der Waals surface area contributed by atoms with Crippen LogP contribution in [-0.2, 0) is 7.05 Å². The molecular formula is C23H15ClF3N5O2. The van der Waals surface area contributed by atoms with Crippen molar-refractivity contribution in [2.24, 2.45) is 7.05 Å². The molecule has 0 bridgehead atoms. The van der Waals surface area contributed by atoms with Crippen LogP contribution in [0.3, 0.4) is 0 Å². The van der Waals surface area contributed by atoms with Gasteiger partial charge in [-0.25, -0.2) is 4.98 Å². The van der Waals surface area contributed by atoms with Gasteiger partial charge in [-0.2, -0.15) is 23.3 Å². The van der Waals surface area contributed by atoms with Crippen molar-refractivity contribution in [3.8, 4) is 22.8 Å². The SMILES string of the molecule is Cn1cc2cc(-n3cc4cnc(OCC(F)(F)F)nc4c(-c4ccc(Cl)cc4)c3=O)ccc2n1. The molecular weight excluding hydrogens is 471 g/mol. The normalized spacial score (nSPS) is 11.9. The van der Waals surface area contributed by atoms with E-state index < -0.39 is 24.4 Å². The molecule has 0 saturated heterocycles. The lowest BCUT2D eigenvalue weighted by Crippen LogP contribution is -2.22. The Labute approximate surface area is 195 Å². The van der Waals surface area contributed by atoms with Gasteiger partial charge in [-0.05, 0) is 35.9 Å². The van der Waals surface area contributed by atoms with Crippen molar-refractivity contribution < 1.29 is 17.9 Å². The van der Waals surface area contributed by atoms with Crippen LogP contribution in [0.15, 0.2) is 65.8 Å². The summed E-state index contributed by atoms with van der Waals surface area (Å²) in [5.74, 6) is 0. The summed E-state index contributed by atoms with van der Waals surface area (Å²) in [6.45, 7) is -1.54. The van der Waals surface area contributed by atoms with E-state index in [1.165, 1.54) is 10.8 Å². The third-order valence-corrected chi connectivity index (χ3v) is 5.36. The molecule has 3 heterocycles. The molecule has 7 nitrogen and oxygen atoms in total. The fourth-order valence-electron chi connectivity index (χ4n) is 3.66. The van der Waals surface area contributed by atoms with Gasteiger partial charge in [-0.1, -0.05) is 23.7 Å². The molecule has 0 radical (unpaired) electrons. The predicted octanol–water partition coefficient (Wildman–Crippen LogP) is 4.93. The minimum atomic E-state index is -4.55. The number of alkyl halides is 3. The standard InChI is InChI=1S/C23H15ClF3N5O2/c1-31-10-14-8-17(6-7-18(14)30-31)32-11-15-9-28-22(34-12-23(25,26)27)29-20(15)19(21(32)33)13-2-4-16(24)5-3-13/h2-11H,12H2,1H3. The molecule has 5 aromatic rings. The Kier molecular flexibility index (Phi) is 5.24. The minimum Gasteiger partial charge on any atom is -0.454 e. The van der Waals surface area contributed by atoms with Crippen molar-refractivity contribution in [1.82, 2.24) is 24.3 Å². The van der Waals surface area contributed by atoms with Gasteiger partial charge >= 0.3 is 12.2 Å². The molecule has 0 aliphatic heterocycles. The van der Waals surface area contributed by atoms with Gasteiger partial charge < -0.3 is 4.74 Å². The van der Waals surface area contributed by atoms with E-state index in [1.54, 1.807) is 54.3 Å². The Morgan fingerprint density at radius 3 is 2.56 bits per heavy atom. The van der Waals surface area contributed by atoms with E-state index in [0.29, 0.717) is 21.7 Å². The van der Waals surface area contributed by atoms with Crippen LogP contribution in [0.5, 0.6) is 6.01 Å². The zero-order valence-corrected chi connectivity index (χ0v) is 18.3. The summed E-state index contributed by atoms with van der Waals surface area (Å²) in [6.07, 6.45) is 0.151. The number of benzene rings is 2. The van der Waals surface area contributed by atoms with Crippen LogP contribution in [0.2, 0.25) is 5.02 Å². The van der Waals surface area contributed by atoms with Crippen LogP contribution in [0.25, 0.3) is 38.6 Å². The Morgan fingerprint density at radius 1 is 1.06 bits per heavy atom. The van der Waals surface area contributed by atoms with E-state index >= 15 is 0 Å². The summed E-state index contributed by atoms with van der Waals surface area (Å²) < 4.78 is 45.6. The molecule has 0 unspecified atom stereocenters. The highest BCUT2D eigenvalue weighted by Gasteiger charge is 2.29. The molecule has 34 heavy (non-hydrogen) atoms. The number of nitrogens with zero attached hydrogens (tertiary/aromatic N) is 5. The summed E-state index contributed by atoms with van der Waals surface area (Å²) in [4.78, 5) is 21.7. The van der Waals surface area contributed by atoms with Crippen LogP contribution in [0, 0.1) is 0 Å². The number of rotatable bonds is 4. The second kappa shape index (κ2) is 8.14. The number of hydrogen-bond donors (Lipinski definition) is 0. The third kappa shape index (κ3) is 4.19. The summed E-state index contributed by atoms with van der Waals surface area (Å²) in [6, 6.07) is 11.4. The van der Waals surface area contributed by atoms with E-state index in [2.05, 4.69) is 15.1 Å². The smallest absolute Gasteiger partial charge is 0.422 e. The van der Waals surface area contributed by atoms with Gasteiger partial charge in [0.15, 0.2) is 6.61 Å². The first kappa shape index (κ1) is 21.9. The Hall–Kier alpha value is -3.92. The molecule has 0 N–H and O–H groups in total. The van der Waals surface area contributed by atoms with E-state index in [0.717, 1.165) is 10.9 Å². The Bertz CT molecular complexity index is 1590. The maximum absolute atomic E-state index is 13.7. The molecule has 0 saturated carbocycles. The van der Waals surface area contributed by atoms with Crippen LogP contribution >= 0.6 is 11.6 Å². The van der Waals surface area contributed by atoms with Gasteiger partial charge in [0, 0.05) is 47.1 Å². The van der Waals surface area contributed by atoms with E-state index in [4.69, 9.17) is 16.3 Å². The monoisotopic (exact) mass is 485 g/mol. The van der Waals surface area contributed by atoms with Crippen molar-refractivity contribution in [1.29, 1.82) is 0 Å². The highest BCUT2D eigenvalue weighted by Crippen LogP contribution is 2.28. The largest absolute Gasteiger partial charge is 0.454 e. The van der Waals surface area contributed by atoms with Crippen molar-refractivity contribution in [2.45, 2.75) is 6.18 Å². The van der Waals surface area contributed by atoms with Crippen LogP contribution in [0.4, 0.5) is 13.2 Å². The van der Waals surface area contributed by atoms with Gasteiger partial charge in [0.25, 0.3) is 5.56 Å². The fraction of sp³-hybridized carbons (Fsp3) is 0.130. The maximum Gasteiger partial charge on any atom is 0.422 e. The number of hydrogen-bond acceptors (Lipinski definition) is 5. The second-order valence-corrected chi connectivity index (χ2v) is 8.03. The molecule has 0 atom stereocenters. The molecule has 0 aliphatic carbocycles. The lowest BCUT2D eigenvalue weighted by molar-refractivity contribution is -0.154. The van der Waals surface area contributed by atoms with Crippen molar-refractivity contribution in [3.63, 3.8) is 0 Å². The molecule has 2 aromatic carbocycles. The zero-order chi connectivity index (χ0) is 24.0.